The molecule has 0 aromatic carbocycles. The summed E-state index contributed by atoms with van der Waals surface area (Å²) in [5, 5.41) is 0. The zero-order valence-corrected chi connectivity index (χ0v) is 10.8. The van der Waals surface area contributed by atoms with Gasteiger partial charge in [-0.2, -0.15) is 0 Å². The topological polar surface area (TPSA) is 9.23 Å². The van der Waals surface area contributed by atoms with E-state index in [2.05, 4.69) is 29.8 Å². The van der Waals surface area contributed by atoms with Crippen LogP contribution in [-0.2, 0) is 4.74 Å². The van der Waals surface area contributed by atoms with E-state index >= 15 is 0 Å². The van der Waals surface area contributed by atoms with Gasteiger partial charge in [-0.1, -0.05) is 22.4 Å². The van der Waals surface area contributed by atoms with Crippen LogP contribution in [0, 0.1) is 5.92 Å². The molecule has 82 valence electrons. The largest absolute Gasteiger partial charge is 0.372 e. The minimum absolute atomic E-state index is 0.144. The van der Waals surface area contributed by atoms with E-state index in [0.717, 1.165) is 10.7 Å². The smallest absolute Gasteiger partial charge is 0.0631 e. The Morgan fingerprint density at radius 3 is 2.57 bits per heavy atom. The summed E-state index contributed by atoms with van der Waals surface area (Å²) in [4.78, 5) is 0.759. The zero-order chi connectivity index (χ0) is 10.2. The molecule has 0 radical (unpaired) electrons. The first-order chi connectivity index (χ1) is 6.57. The molecule has 0 N–H and O–H groups in total. The molecule has 0 aromatic rings. The van der Waals surface area contributed by atoms with Gasteiger partial charge in [0.1, 0.15) is 0 Å². The van der Waals surface area contributed by atoms with Crippen molar-refractivity contribution >= 4 is 15.9 Å². The number of hydrogen-bond donors (Lipinski definition) is 0. The summed E-state index contributed by atoms with van der Waals surface area (Å²) >= 11 is 3.78. The molecule has 1 nitrogen and oxygen atoms in total. The second-order valence-corrected chi connectivity index (χ2v) is 6.66. The molecule has 14 heavy (non-hydrogen) atoms. The second kappa shape index (κ2) is 4.13. The number of hydrogen-bond acceptors (Lipinski definition) is 1. The van der Waals surface area contributed by atoms with Crippen molar-refractivity contribution in [1.29, 1.82) is 0 Å². The fraction of sp³-hybridized carbons (Fsp3) is 1.00. The van der Waals surface area contributed by atoms with Crippen molar-refractivity contribution in [2.45, 2.75) is 68.9 Å². The van der Waals surface area contributed by atoms with Gasteiger partial charge in [0, 0.05) is 4.83 Å². The van der Waals surface area contributed by atoms with E-state index in [-0.39, 0.29) is 5.60 Å². The van der Waals surface area contributed by atoms with Crippen molar-refractivity contribution in [2.24, 2.45) is 5.92 Å². The third-order valence-corrected chi connectivity index (χ3v) is 4.89. The summed E-state index contributed by atoms with van der Waals surface area (Å²) in [6.45, 7) is 4.43. The van der Waals surface area contributed by atoms with Crippen LogP contribution in [0.4, 0.5) is 0 Å². The van der Waals surface area contributed by atoms with E-state index in [1.54, 1.807) is 0 Å². The quantitative estimate of drug-likeness (QED) is 0.685. The lowest BCUT2D eigenvalue weighted by atomic mass is 9.97. The summed E-state index contributed by atoms with van der Waals surface area (Å²) in [5.74, 6) is 0.869. The maximum atomic E-state index is 6.04. The van der Waals surface area contributed by atoms with Crippen LogP contribution < -0.4 is 0 Å². The summed E-state index contributed by atoms with van der Waals surface area (Å²) in [6.07, 6.45) is 8.47. The van der Waals surface area contributed by atoms with Crippen molar-refractivity contribution in [2.75, 3.05) is 0 Å². The lowest BCUT2D eigenvalue weighted by Crippen LogP contribution is -2.22. The van der Waals surface area contributed by atoms with Crippen molar-refractivity contribution in [1.82, 2.24) is 0 Å². The van der Waals surface area contributed by atoms with Gasteiger partial charge >= 0.3 is 0 Å². The van der Waals surface area contributed by atoms with Gasteiger partial charge in [-0.25, -0.2) is 0 Å². The molecule has 1 aliphatic heterocycles. The van der Waals surface area contributed by atoms with Crippen LogP contribution in [-0.4, -0.2) is 16.5 Å². The van der Waals surface area contributed by atoms with Gasteiger partial charge in [0.05, 0.1) is 11.7 Å². The molecule has 2 heteroatoms. The van der Waals surface area contributed by atoms with Gasteiger partial charge in [0.25, 0.3) is 0 Å². The highest BCUT2D eigenvalue weighted by atomic mass is 79.9. The van der Waals surface area contributed by atoms with Gasteiger partial charge in [-0.3, -0.25) is 0 Å². The molecular weight excluding hydrogens is 240 g/mol. The lowest BCUT2D eigenvalue weighted by molar-refractivity contribution is -0.0238. The van der Waals surface area contributed by atoms with E-state index in [0.29, 0.717) is 6.10 Å². The molecule has 0 amide bonds. The Balaban J connectivity index is 1.81. The number of rotatable bonds is 2. The minimum atomic E-state index is 0.144. The molecule has 0 bridgehead atoms. The molecule has 2 rings (SSSR count). The Bertz CT molecular complexity index is 202. The molecule has 1 heterocycles. The fourth-order valence-electron chi connectivity index (χ4n) is 2.84. The fourth-order valence-corrected chi connectivity index (χ4v) is 3.64. The number of ether oxygens (including phenoxy) is 1. The highest BCUT2D eigenvalue weighted by molar-refractivity contribution is 9.09. The first-order valence-electron chi connectivity index (χ1n) is 5.89. The summed E-state index contributed by atoms with van der Waals surface area (Å²) < 4.78 is 6.04. The van der Waals surface area contributed by atoms with Crippen molar-refractivity contribution in [3.8, 4) is 0 Å². The Labute approximate surface area is 95.7 Å². The zero-order valence-electron chi connectivity index (χ0n) is 9.26. The molecule has 1 saturated heterocycles. The third-order valence-electron chi connectivity index (χ3n) is 3.69. The van der Waals surface area contributed by atoms with Gasteiger partial charge < -0.3 is 4.74 Å². The van der Waals surface area contributed by atoms with Gasteiger partial charge in [-0.05, 0) is 51.9 Å². The highest BCUT2D eigenvalue weighted by Crippen LogP contribution is 2.39. The molecule has 2 fully saturated rings. The second-order valence-electron chi connectivity index (χ2n) is 5.48. The summed E-state index contributed by atoms with van der Waals surface area (Å²) in [5.41, 5.74) is 0.144. The average Bonchev–Trinajstić information content (AvgIpc) is 2.61. The Kier molecular flexibility index (Phi) is 3.23. The predicted octanol–water partition coefficient (Wildman–Crippen LogP) is 3.90. The average molecular weight is 261 g/mol. The predicted molar refractivity (Wildman–Crippen MR) is 62.9 cm³/mol. The van der Waals surface area contributed by atoms with Crippen LogP contribution in [0.5, 0.6) is 0 Å². The van der Waals surface area contributed by atoms with Crippen molar-refractivity contribution in [3.63, 3.8) is 0 Å². The lowest BCUT2D eigenvalue weighted by Gasteiger charge is -2.22. The number of halogens is 1. The minimum Gasteiger partial charge on any atom is -0.372 e. The standard InChI is InChI=1S/C12H21BrO/c1-12(2)7-6-10(14-12)8-9-4-3-5-11(9)13/h9-11H,3-8H2,1-2H3. The highest BCUT2D eigenvalue weighted by Gasteiger charge is 2.35. The monoisotopic (exact) mass is 260 g/mol. The third kappa shape index (κ3) is 2.52. The molecule has 3 unspecified atom stereocenters. The molecular formula is C12H21BrO. The van der Waals surface area contributed by atoms with Crippen molar-refractivity contribution < 1.29 is 4.74 Å². The molecule has 1 aliphatic carbocycles. The van der Waals surface area contributed by atoms with E-state index in [9.17, 15) is 0 Å². The van der Waals surface area contributed by atoms with Crippen LogP contribution in [0.2, 0.25) is 0 Å². The first-order valence-corrected chi connectivity index (χ1v) is 6.80. The summed E-state index contributed by atoms with van der Waals surface area (Å²) in [6, 6.07) is 0. The molecule has 0 aromatic heterocycles. The maximum absolute atomic E-state index is 6.04. The molecule has 2 aliphatic rings. The Morgan fingerprint density at radius 2 is 2.07 bits per heavy atom. The van der Waals surface area contributed by atoms with E-state index < -0.39 is 0 Å². The van der Waals surface area contributed by atoms with Gasteiger partial charge in [0.15, 0.2) is 0 Å². The maximum Gasteiger partial charge on any atom is 0.0631 e. The van der Waals surface area contributed by atoms with E-state index in [1.165, 1.54) is 38.5 Å². The SMILES string of the molecule is CC1(C)CCC(CC2CCCC2Br)O1. The van der Waals surface area contributed by atoms with Crippen LogP contribution >= 0.6 is 15.9 Å². The Morgan fingerprint density at radius 1 is 1.29 bits per heavy atom. The summed E-state index contributed by atoms with van der Waals surface area (Å²) in [7, 11) is 0. The van der Waals surface area contributed by atoms with Gasteiger partial charge in [0.2, 0.25) is 0 Å². The van der Waals surface area contributed by atoms with E-state index in [4.69, 9.17) is 4.74 Å². The van der Waals surface area contributed by atoms with Crippen LogP contribution in [0.15, 0.2) is 0 Å². The van der Waals surface area contributed by atoms with Crippen LogP contribution in [0.1, 0.15) is 52.4 Å². The van der Waals surface area contributed by atoms with Crippen LogP contribution in [0.3, 0.4) is 0 Å². The molecule has 1 saturated carbocycles. The van der Waals surface area contributed by atoms with Crippen LogP contribution in [0.25, 0.3) is 0 Å². The van der Waals surface area contributed by atoms with Crippen molar-refractivity contribution in [3.05, 3.63) is 0 Å². The Hall–Kier alpha value is 0.440. The number of alkyl halides is 1. The van der Waals surface area contributed by atoms with Gasteiger partial charge in [-0.15, -0.1) is 0 Å². The molecule has 3 atom stereocenters. The molecule has 0 spiro atoms. The normalized spacial score (nSPS) is 41.8. The van der Waals surface area contributed by atoms with E-state index in [1.807, 2.05) is 0 Å². The first kappa shape index (κ1) is 10.9.